The van der Waals surface area contributed by atoms with Crippen LogP contribution in [-0.4, -0.2) is 64.8 Å². The minimum Gasteiger partial charge on any atom is -0.495 e. The SMILES string of the molecule is COc1ccc(N2CC(=O)N(Cc3ccc(Cl)cc3)C3(CCN(C(C)=O)C3)C2=O)nc1. The van der Waals surface area contributed by atoms with Crippen molar-refractivity contribution in [3.8, 4) is 5.75 Å². The average Bonchev–Trinajstić information content (AvgIpc) is 3.22. The monoisotopic (exact) mass is 442 g/mol. The second-order valence-corrected chi connectivity index (χ2v) is 8.21. The van der Waals surface area contributed by atoms with Crippen molar-refractivity contribution >= 4 is 35.1 Å². The second kappa shape index (κ2) is 8.19. The van der Waals surface area contributed by atoms with Crippen LogP contribution in [0.25, 0.3) is 0 Å². The first kappa shape index (κ1) is 21.1. The Labute approximate surface area is 185 Å². The zero-order valence-electron chi connectivity index (χ0n) is 17.4. The van der Waals surface area contributed by atoms with Gasteiger partial charge in [-0.1, -0.05) is 23.7 Å². The van der Waals surface area contributed by atoms with E-state index >= 15 is 0 Å². The molecule has 0 radical (unpaired) electrons. The third-order valence-corrected chi connectivity index (χ3v) is 6.19. The molecule has 0 aliphatic carbocycles. The van der Waals surface area contributed by atoms with E-state index in [2.05, 4.69) is 4.98 Å². The number of nitrogens with zero attached hydrogens (tertiary/aromatic N) is 4. The van der Waals surface area contributed by atoms with E-state index in [0.29, 0.717) is 29.6 Å². The first-order chi connectivity index (χ1) is 14.8. The Bertz CT molecular complexity index is 1010. The molecule has 8 nitrogen and oxygen atoms in total. The minimum absolute atomic E-state index is 0.117. The highest BCUT2D eigenvalue weighted by molar-refractivity contribution is 6.30. The van der Waals surface area contributed by atoms with Gasteiger partial charge in [0.05, 0.1) is 19.9 Å². The number of halogens is 1. The van der Waals surface area contributed by atoms with Crippen molar-refractivity contribution in [2.45, 2.75) is 25.4 Å². The summed E-state index contributed by atoms with van der Waals surface area (Å²) in [5, 5.41) is 0.597. The maximum atomic E-state index is 13.8. The molecule has 2 saturated heterocycles. The zero-order chi connectivity index (χ0) is 22.2. The number of carbonyl (C=O) groups is 3. The molecule has 3 heterocycles. The maximum Gasteiger partial charge on any atom is 0.256 e. The number of ether oxygens (including phenoxy) is 1. The Morgan fingerprint density at radius 2 is 1.94 bits per heavy atom. The van der Waals surface area contributed by atoms with Gasteiger partial charge in [0.1, 0.15) is 23.7 Å². The lowest BCUT2D eigenvalue weighted by molar-refractivity contribution is -0.151. The smallest absolute Gasteiger partial charge is 0.256 e. The van der Waals surface area contributed by atoms with Gasteiger partial charge >= 0.3 is 0 Å². The molecule has 3 amide bonds. The molecule has 2 fully saturated rings. The Morgan fingerprint density at radius 1 is 1.19 bits per heavy atom. The van der Waals surface area contributed by atoms with Crippen LogP contribution in [0.4, 0.5) is 5.82 Å². The molecule has 9 heteroatoms. The molecule has 1 aromatic heterocycles. The molecule has 1 aromatic carbocycles. The number of rotatable bonds is 4. The number of likely N-dealkylation sites (tertiary alicyclic amines) is 1. The van der Waals surface area contributed by atoms with Crippen molar-refractivity contribution in [3.63, 3.8) is 0 Å². The summed E-state index contributed by atoms with van der Waals surface area (Å²) in [5.41, 5.74) is -0.273. The fourth-order valence-corrected chi connectivity index (χ4v) is 4.33. The molecule has 1 spiro atoms. The van der Waals surface area contributed by atoms with Crippen molar-refractivity contribution in [2.24, 2.45) is 0 Å². The summed E-state index contributed by atoms with van der Waals surface area (Å²) in [6, 6.07) is 10.5. The van der Waals surface area contributed by atoms with E-state index in [1.165, 1.54) is 25.1 Å². The van der Waals surface area contributed by atoms with Crippen LogP contribution in [0.5, 0.6) is 5.75 Å². The quantitative estimate of drug-likeness (QED) is 0.724. The lowest BCUT2D eigenvalue weighted by Gasteiger charge is -2.47. The highest BCUT2D eigenvalue weighted by Gasteiger charge is 2.56. The molecule has 2 aliphatic heterocycles. The molecule has 1 unspecified atom stereocenters. The van der Waals surface area contributed by atoms with Crippen molar-refractivity contribution in [1.29, 1.82) is 0 Å². The predicted molar refractivity (Wildman–Crippen MR) is 115 cm³/mol. The van der Waals surface area contributed by atoms with Gasteiger partial charge in [-0.3, -0.25) is 19.3 Å². The Kier molecular flexibility index (Phi) is 5.58. The average molecular weight is 443 g/mol. The zero-order valence-corrected chi connectivity index (χ0v) is 18.1. The van der Waals surface area contributed by atoms with Gasteiger partial charge in [-0.05, 0) is 36.2 Å². The molecular weight excluding hydrogens is 420 g/mol. The van der Waals surface area contributed by atoms with Crippen LogP contribution < -0.4 is 9.64 Å². The van der Waals surface area contributed by atoms with Crippen LogP contribution in [0.3, 0.4) is 0 Å². The van der Waals surface area contributed by atoms with Crippen LogP contribution in [0.15, 0.2) is 42.6 Å². The van der Waals surface area contributed by atoms with Gasteiger partial charge in [-0.2, -0.15) is 0 Å². The van der Waals surface area contributed by atoms with Gasteiger partial charge in [0.15, 0.2) is 0 Å². The molecule has 0 saturated carbocycles. The van der Waals surface area contributed by atoms with Crippen LogP contribution >= 0.6 is 11.6 Å². The molecule has 0 bridgehead atoms. The molecular formula is C22H23ClN4O4. The molecule has 1 atom stereocenters. The van der Waals surface area contributed by atoms with Gasteiger partial charge < -0.3 is 14.5 Å². The fraction of sp³-hybridized carbons (Fsp3) is 0.364. The number of carbonyl (C=O) groups excluding carboxylic acids is 3. The van der Waals surface area contributed by atoms with E-state index in [9.17, 15) is 14.4 Å². The van der Waals surface area contributed by atoms with Gasteiger partial charge in [0.2, 0.25) is 11.8 Å². The molecule has 0 N–H and O–H groups in total. The lowest BCUT2D eigenvalue weighted by Crippen LogP contribution is -2.69. The summed E-state index contributed by atoms with van der Waals surface area (Å²) >= 11 is 5.99. The van der Waals surface area contributed by atoms with Crippen molar-refractivity contribution in [1.82, 2.24) is 14.8 Å². The van der Waals surface area contributed by atoms with E-state index in [4.69, 9.17) is 16.3 Å². The normalized spacial score (nSPS) is 21.2. The fourth-order valence-electron chi connectivity index (χ4n) is 4.21. The maximum absolute atomic E-state index is 13.8. The number of hydrogen-bond donors (Lipinski definition) is 0. The summed E-state index contributed by atoms with van der Waals surface area (Å²) in [7, 11) is 1.53. The van der Waals surface area contributed by atoms with Gasteiger partial charge in [0.25, 0.3) is 5.91 Å². The predicted octanol–water partition coefficient (Wildman–Crippen LogP) is 2.11. The minimum atomic E-state index is -1.14. The van der Waals surface area contributed by atoms with Gasteiger partial charge in [-0.25, -0.2) is 4.98 Å². The topological polar surface area (TPSA) is 83.0 Å². The van der Waals surface area contributed by atoms with Crippen LogP contribution in [-0.2, 0) is 20.9 Å². The first-order valence-electron chi connectivity index (χ1n) is 9.96. The summed E-state index contributed by atoms with van der Waals surface area (Å²) in [6.07, 6.45) is 1.88. The molecule has 4 rings (SSSR count). The second-order valence-electron chi connectivity index (χ2n) is 7.78. The number of anilines is 1. The summed E-state index contributed by atoms with van der Waals surface area (Å²) in [4.78, 5) is 48.1. The summed E-state index contributed by atoms with van der Waals surface area (Å²) in [6.45, 7) is 2.19. The van der Waals surface area contributed by atoms with Crippen molar-refractivity contribution < 1.29 is 19.1 Å². The van der Waals surface area contributed by atoms with Gasteiger partial charge in [0, 0.05) is 25.0 Å². The standard InChI is InChI=1S/C22H23ClN4O4/c1-15(28)25-10-9-22(14-25)21(30)26(19-8-7-18(31-2)11-24-19)13-20(29)27(22)12-16-3-5-17(23)6-4-16/h3-8,11H,9-10,12-14H2,1-2H3. The Morgan fingerprint density at radius 3 is 2.52 bits per heavy atom. The van der Waals surface area contributed by atoms with Crippen LogP contribution in [0.1, 0.15) is 18.9 Å². The van der Waals surface area contributed by atoms with E-state index < -0.39 is 5.54 Å². The molecule has 2 aromatic rings. The van der Waals surface area contributed by atoms with E-state index in [0.717, 1.165) is 5.56 Å². The number of aromatic nitrogens is 1. The molecule has 31 heavy (non-hydrogen) atoms. The summed E-state index contributed by atoms with van der Waals surface area (Å²) < 4.78 is 5.14. The number of piperazine rings is 1. The third kappa shape index (κ3) is 3.83. The third-order valence-electron chi connectivity index (χ3n) is 5.93. The summed E-state index contributed by atoms with van der Waals surface area (Å²) in [5.74, 6) is 0.386. The van der Waals surface area contributed by atoms with Crippen molar-refractivity contribution in [2.75, 3.05) is 31.6 Å². The van der Waals surface area contributed by atoms with E-state index in [-0.39, 0.29) is 37.4 Å². The highest BCUT2D eigenvalue weighted by atomic mass is 35.5. The number of benzene rings is 1. The number of hydrogen-bond acceptors (Lipinski definition) is 5. The highest BCUT2D eigenvalue weighted by Crippen LogP contribution is 2.36. The van der Waals surface area contributed by atoms with Crippen LogP contribution in [0.2, 0.25) is 5.02 Å². The van der Waals surface area contributed by atoms with Crippen molar-refractivity contribution in [3.05, 3.63) is 53.2 Å². The first-order valence-corrected chi connectivity index (χ1v) is 10.3. The van der Waals surface area contributed by atoms with E-state index in [1.807, 2.05) is 12.1 Å². The number of methoxy groups -OCH3 is 1. The van der Waals surface area contributed by atoms with E-state index in [1.54, 1.807) is 34.1 Å². The van der Waals surface area contributed by atoms with Crippen LogP contribution in [0, 0.1) is 0 Å². The molecule has 2 aliphatic rings. The lowest BCUT2D eigenvalue weighted by atomic mass is 9.90. The largest absolute Gasteiger partial charge is 0.495 e. The Balaban J connectivity index is 1.70. The molecule has 162 valence electrons. The Hall–Kier alpha value is -3.13. The van der Waals surface area contributed by atoms with Gasteiger partial charge in [-0.15, -0.1) is 0 Å². The number of amides is 3. The number of pyridine rings is 1.